The van der Waals surface area contributed by atoms with Gasteiger partial charge in [-0.05, 0) is 37.6 Å². The second kappa shape index (κ2) is 4.48. The second-order valence-electron chi connectivity index (χ2n) is 3.87. The quantitative estimate of drug-likeness (QED) is 0.865. The van der Waals surface area contributed by atoms with E-state index in [0.717, 1.165) is 23.4 Å². The van der Waals surface area contributed by atoms with Gasteiger partial charge >= 0.3 is 0 Å². The van der Waals surface area contributed by atoms with Crippen LogP contribution in [-0.2, 0) is 6.42 Å². The van der Waals surface area contributed by atoms with E-state index in [1.165, 1.54) is 5.56 Å². The van der Waals surface area contributed by atoms with Crippen molar-refractivity contribution in [2.24, 2.45) is 0 Å². The van der Waals surface area contributed by atoms with Crippen molar-refractivity contribution in [1.29, 1.82) is 0 Å². The zero-order valence-corrected chi connectivity index (χ0v) is 10.7. The Bertz CT molecular complexity index is 478. The predicted molar refractivity (Wildman–Crippen MR) is 67.3 cm³/mol. The van der Waals surface area contributed by atoms with Gasteiger partial charge in [0.1, 0.15) is 0 Å². The molecule has 0 atom stereocenters. The first-order valence-electron chi connectivity index (χ1n) is 5.01. The van der Waals surface area contributed by atoms with E-state index in [1.54, 1.807) is 6.07 Å². The molecule has 0 aliphatic rings. The van der Waals surface area contributed by atoms with E-state index in [1.807, 2.05) is 26.0 Å². The highest BCUT2D eigenvalue weighted by Crippen LogP contribution is 2.22. The molecule has 2 aromatic rings. The van der Waals surface area contributed by atoms with Crippen molar-refractivity contribution in [3.8, 4) is 0 Å². The standard InChI is InChI=1S/C12H12Cl2N2/c1-7-12(8(2)16-15-7)5-9-3-10(13)6-11(14)4-9/h3-4,6H,5H2,1-2H3,(H,15,16). The molecule has 0 fully saturated rings. The molecule has 0 amide bonds. The maximum absolute atomic E-state index is 5.96. The van der Waals surface area contributed by atoms with Gasteiger partial charge in [-0.15, -0.1) is 0 Å². The van der Waals surface area contributed by atoms with Gasteiger partial charge in [-0.2, -0.15) is 5.10 Å². The van der Waals surface area contributed by atoms with Gasteiger partial charge in [-0.25, -0.2) is 0 Å². The highest BCUT2D eigenvalue weighted by atomic mass is 35.5. The molecule has 16 heavy (non-hydrogen) atoms. The van der Waals surface area contributed by atoms with Crippen LogP contribution in [0.25, 0.3) is 0 Å². The van der Waals surface area contributed by atoms with Crippen molar-refractivity contribution < 1.29 is 0 Å². The summed E-state index contributed by atoms with van der Waals surface area (Å²) in [6.45, 7) is 4.01. The fraction of sp³-hybridized carbons (Fsp3) is 0.250. The van der Waals surface area contributed by atoms with E-state index in [4.69, 9.17) is 23.2 Å². The van der Waals surface area contributed by atoms with E-state index in [9.17, 15) is 0 Å². The van der Waals surface area contributed by atoms with Crippen molar-refractivity contribution in [2.45, 2.75) is 20.3 Å². The van der Waals surface area contributed by atoms with Gasteiger partial charge < -0.3 is 0 Å². The minimum Gasteiger partial charge on any atom is -0.282 e. The first-order valence-corrected chi connectivity index (χ1v) is 5.77. The Labute approximate surface area is 105 Å². The van der Waals surface area contributed by atoms with Crippen LogP contribution in [0.4, 0.5) is 0 Å². The Morgan fingerprint density at radius 3 is 2.25 bits per heavy atom. The van der Waals surface area contributed by atoms with Gasteiger partial charge in [0, 0.05) is 27.7 Å². The molecule has 84 valence electrons. The van der Waals surface area contributed by atoms with Crippen molar-refractivity contribution in [3.63, 3.8) is 0 Å². The Morgan fingerprint density at radius 1 is 1.12 bits per heavy atom. The third kappa shape index (κ3) is 2.39. The number of benzene rings is 1. The van der Waals surface area contributed by atoms with Gasteiger partial charge in [0.15, 0.2) is 0 Å². The lowest BCUT2D eigenvalue weighted by Gasteiger charge is -2.03. The average Bonchev–Trinajstić information content (AvgIpc) is 2.48. The highest BCUT2D eigenvalue weighted by Gasteiger charge is 2.08. The lowest BCUT2D eigenvalue weighted by Crippen LogP contribution is -1.91. The van der Waals surface area contributed by atoms with E-state index in [2.05, 4.69) is 10.2 Å². The summed E-state index contributed by atoms with van der Waals surface area (Å²) in [5, 5.41) is 8.47. The molecule has 1 aromatic carbocycles. The molecule has 4 heteroatoms. The summed E-state index contributed by atoms with van der Waals surface area (Å²) >= 11 is 11.9. The van der Waals surface area contributed by atoms with Gasteiger partial charge in [-0.3, -0.25) is 5.10 Å². The molecule has 2 nitrogen and oxygen atoms in total. The first kappa shape index (κ1) is 11.5. The molecule has 1 N–H and O–H groups in total. The van der Waals surface area contributed by atoms with Gasteiger partial charge in [0.05, 0.1) is 5.69 Å². The number of H-pyrrole nitrogens is 1. The van der Waals surface area contributed by atoms with Gasteiger partial charge in [0.2, 0.25) is 0 Å². The zero-order valence-electron chi connectivity index (χ0n) is 9.14. The number of rotatable bonds is 2. The normalized spacial score (nSPS) is 10.8. The number of aromatic amines is 1. The lowest BCUT2D eigenvalue weighted by molar-refractivity contribution is 1.02. The van der Waals surface area contributed by atoms with Crippen molar-refractivity contribution >= 4 is 23.2 Å². The third-order valence-electron chi connectivity index (χ3n) is 2.58. The van der Waals surface area contributed by atoms with E-state index >= 15 is 0 Å². The summed E-state index contributed by atoms with van der Waals surface area (Å²) in [5.41, 5.74) is 4.42. The second-order valence-corrected chi connectivity index (χ2v) is 4.74. The smallest absolute Gasteiger partial charge is 0.0629 e. The van der Waals surface area contributed by atoms with Crippen LogP contribution in [0.3, 0.4) is 0 Å². The Kier molecular flexibility index (Phi) is 3.22. The number of nitrogens with one attached hydrogen (secondary N) is 1. The lowest BCUT2D eigenvalue weighted by atomic mass is 10.0. The average molecular weight is 255 g/mol. The summed E-state index contributed by atoms with van der Waals surface area (Å²) in [5.74, 6) is 0. The van der Waals surface area contributed by atoms with Crippen LogP contribution in [0, 0.1) is 13.8 Å². The summed E-state index contributed by atoms with van der Waals surface area (Å²) in [4.78, 5) is 0. The molecular weight excluding hydrogens is 243 g/mol. The monoisotopic (exact) mass is 254 g/mol. The van der Waals surface area contributed by atoms with Crippen molar-refractivity contribution in [3.05, 3.63) is 50.8 Å². The van der Waals surface area contributed by atoms with Crippen LogP contribution >= 0.6 is 23.2 Å². The Balaban J connectivity index is 2.34. The molecule has 0 radical (unpaired) electrons. The summed E-state index contributed by atoms with van der Waals surface area (Å²) in [6.07, 6.45) is 0.800. The van der Waals surface area contributed by atoms with Crippen LogP contribution in [0.5, 0.6) is 0 Å². The zero-order chi connectivity index (χ0) is 11.7. The van der Waals surface area contributed by atoms with E-state index in [-0.39, 0.29) is 0 Å². The van der Waals surface area contributed by atoms with Gasteiger partial charge in [0.25, 0.3) is 0 Å². The maximum atomic E-state index is 5.96. The molecule has 0 unspecified atom stereocenters. The Morgan fingerprint density at radius 2 is 1.75 bits per heavy atom. The van der Waals surface area contributed by atoms with Crippen LogP contribution in [-0.4, -0.2) is 10.2 Å². The fourth-order valence-corrected chi connectivity index (χ4v) is 2.32. The molecule has 0 saturated heterocycles. The number of hydrogen-bond acceptors (Lipinski definition) is 1. The maximum Gasteiger partial charge on any atom is 0.0629 e. The van der Waals surface area contributed by atoms with Crippen LogP contribution in [0.15, 0.2) is 18.2 Å². The SMILES string of the molecule is Cc1n[nH]c(C)c1Cc1cc(Cl)cc(Cl)c1. The third-order valence-corrected chi connectivity index (χ3v) is 3.02. The van der Waals surface area contributed by atoms with E-state index in [0.29, 0.717) is 10.0 Å². The van der Waals surface area contributed by atoms with Crippen molar-refractivity contribution in [1.82, 2.24) is 10.2 Å². The summed E-state index contributed by atoms with van der Waals surface area (Å²) in [7, 11) is 0. The number of nitrogens with zero attached hydrogens (tertiary/aromatic N) is 1. The number of aromatic nitrogens is 2. The molecule has 1 heterocycles. The molecular formula is C12H12Cl2N2. The largest absolute Gasteiger partial charge is 0.282 e. The van der Waals surface area contributed by atoms with Crippen LogP contribution in [0.1, 0.15) is 22.5 Å². The molecule has 0 bridgehead atoms. The molecule has 0 saturated carbocycles. The molecule has 0 aliphatic heterocycles. The van der Waals surface area contributed by atoms with Crippen LogP contribution in [0.2, 0.25) is 10.0 Å². The summed E-state index contributed by atoms with van der Waals surface area (Å²) < 4.78 is 0. The molecule has 0 spiro atoms. The highest BCUT2D eigenvalue weighted by molar-refractivity contribution is 6.34. The fourth-order valence-electron chi connectivity index (χ4n) is 1.75. The number of halogens is 2. The predicted octanol–water partition coefficient (Wildman–Crippen LogP) is 3.92. The number of hydrogen-bond donors (Lipinski definition) is 1. The number of aryl methyl sites for hydroxylation is 2. The first-order chi connectivity index (χ1) is 7.56. The minimum atomic E-state index is 0.668. The van der Waals surface area contributed by atoms with Crippen LogP contribution < -0.4 is 0 Å². The van der Waals surface area contributed by atoms with E-state index < -0.39 is 0 Å². The minimum absolute atomic E-state index is 0.668. The topological polar surface area (TPSA) is 28.7 Å². The molecule has 1 aromatic heterocycles. The van der Waals surface area contributed by atoms with Gasteiger partial charge in [-0.1, -0.05) is 23.2 Å². The summed E-state index contributed by atoms with van der Waals surface area (Å²) in [6, 6.07) is 5.60. The molecule has 0 aliphatic carbocycles. The Hall–Kier alpha value is -0.990. The molecule has 2 rings (SSSR count). The van der Waals surface area contributed by atoms with Crippen molar-refractivity contribution in [2.75, 3.05) is 0 Å².